The van der Waals surface area contributed by atoms with Gasteiger partial charge in [0.25, 0.3) is 0 Å². The lowest BCUT2D eigenvalue weighted by Crippen LogP contribution is -2.08. The Balaban J connectivity index is 2.50. The van der Waals surface area contributed by atoms with E-state index in [-0.39, 0.29) is 12.6 Å². The second kappa shape index (κ2) is 6.56. The Kier molecular flexibility index (Phi) is 4.99. The van der Waals surface area contributed by atoms with E-state index >= 15 is 0 Å². The van der Waals surface area contributed by atoms with Crippen molar-refractivity contribution in [2.75, 3.05) is 6.61 Å². The van der Waals surface area contributed by atoms with Gasteiger partial charge in [0.1, 0.15) is 12.9 Å². The largest absolute Gasteiger partial charge is 0.458 e. The molecule has 0 N–H and O–H groups in total. The van der Waals surface area contributed by atoms with Crippen molar-refractivity contribution >= 4 is 12.3 Å². The number of carbonyl (C=O) groups is 2. The first-order valence-electron chi connectivity index (χ1n) is 5.07. The molecule has 0 bridgehead atoms. The van der Waals surface area contributed by atoms with Crippen LogP contribution >= 0.6 is 0 Å². The Labute approximate surface area is 94.7 Å². The average molecular weight is 218 g/mol. The maximum atomic E-state index is 11.5. The third-order valence-electron chi connectivity index (χ3n) is 2.15. The molecule has 0 aliphatic carbocycles. The fourth-order valence-electron chi connectivity index (χ4n) is 1.18. The molecule has 0 amide bonds. The van der Waals surface area contributed by atoms with Gasteiger partial charge < -0.3 is 9.53 Å². The van der Waals surface area contributed by atoms with Gasteiger partial charge in [-0.25, -0.2) is 4.79 Å². The molecule has 0 aliphatic heterocycles. The SMILES string of the molecule is C/C=C(/CC=O)COC(=O)c1ccccc1. The van der Waals surface area contributed by atoms with Gasteiger partial charge in [-0.15, -0.1) is 0 Å². The molecule has 1 rings (SSSR count). The van der Waals surface area contributed by atoms with Crippen molar-refractivity contribution in [1.82, 2.24) is 0 Å². The van der Waals surface area contributed by atoms with Gasteiger partial charge in [-0.1, -0.05) is 24.3 Å². The fraction of sp³-hybridized carbons (Fsp3) is 0.231. The van der Waals surface area contributed by atoms with Gasteiger partial charge in [-0.3, -0.25) is 0 Å². The summed E-state index contributed by atoms with van der Waals surface area (Å²) in [5.74, 6) is -0.370. The topological polar surface area (TPSA) is 43.4 Å². The van der Waals surface area contributed by atoms with Gasteiger partial charge >= 0.3 is 5.97 Å². The van der Waals surface area contributed by atoms with Crippen LogP contribution in [0.2, 0.25) is 0 Å². The summed E-state index contributed by atoms with van der Waals surface area (Å²) in [5, 5.41) is 0. The third-order valence-corrected chi connectivity index (χ3v) is 2.15. The molecule has 0 unspecified atom stereocenters. The van der Waals surface area contributed by atoms with Crippen molar-refractivity contribution in [3.63, 3.8) is 0 Å². The first kappa shape index (κ1) is 12.2. The molecule has 0 aromatic heterocycles. The first-order valence-corrected chi connectivity index (χ1v) is 5.07. The Morgan fingerprint density at radius 3 is 2.56 bits per heavy atom. The average Bonchev–Trinajstić information content (AvgIpc) is 2.35. The number of esters is 1. The van der Waals surface area contributed by atoms with Crippen molar-refractivity contribution in [2.24, 2.45) is 0 Å². The van der Waals surface area contributed by atoms with Crippen molar-refractivity contribution in [3.05, 3.63) is 47.5 Å². The zero-order valence-corrected chi connectivity index (χ0v) is 9.18. The van der Waals surface area contributed by atoms with Crippen LogP contribution in [0.15, 0.2) is 42.0 Å². The van der Waals surface area contributed by atoms with Crippen LogP contribution in [0, 0.1) is 0 Å². The van der Waals surface area contributed by atoms with E-state index in [1.165, 1.54) is 0 Å². The standard InChI is InChI=1S/C13H14O3/c1-2-11(8-9-14)10-16-13(15)12-6-4-3-5-7-12/h2-7,9H,8,10H2,1H3/b11-2-. The predicted molar refractivity (Wildman–Crippen MR) is 61.2 cm³/mol. The first-order chi connectivity index (χ1) is 7.77. The van der Waals surface area contributed by atoms with Crippen LogP contribution in [0.25, 0.3) is 0 Å². The second-order valence-corrected chi connectivity index (χ2v) is 3.26. The molecule has 0 heterocycles. The highest BCUT2D eigenvalue weighted by atomic mass is 16.5. The van der Waals surface area contributed by atoms with Gasteiger partial charge in [0.05, 0.1) is 5.56 Å². The number of rotatable bonds is 5. The Morgan fingerprint density at radius 1 is 1.31 bits per heavy atom. The normalized spacial score (nSPS) is 10.9. The highest BCUT2D eigenvalue weighted by molar-refractivity contribution is 5.89. The van der Waals surface area contributed by atoms with Crippen LogP contribution in [0.5, 0.6) is 0 Å². The monoisotopic (exact) mass is 218 g/mol. The summed E-state index contributed by atoms with van der Waals surface area (Å²) in [6.07, 6.45) is 2.89. The van der Waals surface area contributed by atoms with Crippen molar-refractivity contribution in [3.8, 4) is 0 Å². The van der Waals surface area contributed by atoms with E-state index in [0.717, 1.165) is 11.9 Å². The van der Waals surface area contributed by atoms with Crippen LogP contribution in [-0.2, 0) is 9.53 Å². The summed E-state index contributed by atoms with van der Waals surface area (Å²) in [4.78, 5) is 21.8. The Bertz CT molecular complexity index is 379. The molecule has 0 aliphatic rings. The molecule has 1 aromatic carbocycles. The molecule has 0 fully saturated rings. The zero-order chi connectivity index (χ0) is 11.8. The molecule has 16 heavy (non-hydrogen) atoms. The summed E-state index contributed by atoms with van der Waals surface area (Å²) in [6, 6.07) is 8.77. The van der Waals surface area contributed by atoms with E-state index in [1.807, 2.05) is 13.0 Å². The van der Waals surface area contributed by atoms with Crippen LogP contribution in [0.4, 0.5) is 0 Å². The van der Waals surface area contributed by atoms with Gasteiger partial charge in [0, 0.05) is 6.42 Å². The van der Waals surface area contributed by atoms with Crippen LogP contribution in [-0.4, -0.2) is 18.9 Å². The van der Waals surface area contributed by atoms with Gasteiger partial charge in [-0.05, 0) is 24.6 Å². The zero-order valence-electron chi connectivity index (χ0n) is 9.18. The van der Waals surface area contributed by atoms with E-state index in [9.17, 15) is 9.59 Å². The third kappa shape index (κ3) is 3.69. The van der Waals surface area contributed by atoms with Crippen LogP contribution < -0.4 is 0 Å². The van der Waals surface area contributed by atoms with Crippen molar-refractivity contribution in [1.29, 1.82) is 0 Å². The van der Waals surface area contributed by atoms with E-state index in [0.29, 0.717) is 12.0 Å². The number of hydrogen-bond donors (Lipinski definition) is 0. The molecule has 3 heteroatoms. The number of ether oxygens (including phenoxy) is 1. The number of hydrogen-bond acceptors (Lipinski definition) is 3. The summed E-state index contributed by atoms with van der Waals surface area (Å²) in [5.41, 5.74) is 1.32. The minimum Gasteiger partial charge on any atom is -0.458 e. The lowest BCUT2D eigenvalue weighted by atomic mass is 10.2. The van der Waals surface area contributed by atoms with E-state index in [2.05, 4.69) is 0 Å². The molecular formula is C13H14O3. The van der Waals surface area contributed by atoms with Gasteiger partial charge in [0.2, 0.25) is 0 Å². The van der Waals surface area contributed by atoms with Crippen molar-refractivity contribution in [2.45, 2.75) is 13.3 Å². The molecule has 0 spiro atoms. The minimum atomic E-state index is -0.370. The molecule has 0 saturated carbocycles. The molecular weight excluding hydrogens is 204 g/mol. The number of benzene rings is 1. The fourth-order valence-corrected chi connectivity index (χ4v) is 1.18. The van der Waals surface area contributed by atoms with Gasteiger partial charge in [0.15, 0.2) is 0 Å². The molecule has 0 saturated heterocycles. The van der Waals surface area contributed by atoms with Crippen LogP contribution in [0.1, 0.15) is 23.7 Å². The number of carbonyl (C=O) groups excluding carboxylic acids is 2. The quantitative estimate of drug-likeness (QED) is 0.433. The molecule has 1 aromatic rings. The molecule has 3 nitrogen and oxygen atoms in total. The van der Waals surface area contributed by atoms with Gasteiger partial charge in [-0.2, -0.15) is 0 Å². The highest BCUT2D eigenvalue weighted by Crippen LogP contribution is 2.05. The summed E-state index contributed by atoms with van der Waals surface area (Å²) >= 11 is 0. The number of allylic oxidation sites excluding steroid dienone is 1. The highest BCUT2D eigenvalue weighted by Gasteiger charge is 2.06. The predicted octanol–water partition coefficient (Wildman–Crippen LogP) is 2.38. The summed E-state index contributed by atoms with van der Waals surface area (Å²) in [6.45, 7) is 1.98. The Hall–Kier alpha value is -1.90. The van der Waals surface area contributed by atoms with Crippen LogP contribution in [0.3, 0.4) is 0 Å². The van der Waals surface area contributed by atoms with E-state index < -0.39 is 0 Å². The maximum absolute atomic E-state index is 11.5. The Morgan fingerprint density at radius 2 is 2.00 bits per heavy atom. The molecule has 84 valence electrons. The smallest absolute Gasteiger partial charge is 0.338 e. The molecule has 0 atom stereocenters. The summed E-state index contributed by atoms with van der Waals surface area (Å²) in [7, 11) is 0. The minimum absolute atomic E-state index is 0.170. The summed E-state index contributed by atoms with van der Waals surface area (Å²) < 4.78 is 5.07. The molecule has 0 radical (unpaired) electrons. The lowest BCUT2D eigenvalue weighted by Gasteiger charge is -2.05. The van der Waals surface area contributed by atoms with Crippen molar-refractivity contribution < 1.29 is 14.3 Å². The van der Waals surface area contributed by atoms with E-state index in [4.69, 9.17) is 4.74 Å². The van der Waals surface area contributed by atoms with E-state index in [1.54, 1.807) is 30.3 Å². The lowest BCUT2D eigenvalue weighted by molar-refractivity contribution is -0.107. The maximum Gasteiger partial charge on any atom is 0.338 e. The number of aldehydes is 1. The second-order valence-electron chi connectivity index (χ2n) is 3.26.